The van der Waals surface area contributed by atoms with Crippen molar-refractivity contribution in [1.82, 2.24) is 15.4 Å². The summed E-state index contributed by atoms with van der Waals surface area (Å²) in [5.74, 6) is 1.29. The van der Waals surface area contributed by atoms with Crippen LogP contribution < -0.4 is 5.32 Å². The normalized spacial score (nSPS) is 26.5. The first-order chi connectivity index (χ1) is 9.17. The molecule has 2 heterocycles. The number of hydrogen-bond donors (Lipinski definition) is 1. The molecule has 2 amide bonds. The molecule has 1 saturated heterocycles. The standard InChI is InChI=1S/C13H17N3O3/c1-8-5-16(7-17)6-11(8)14-13(18)10-4-12(19-15-10)9-2-3-9/h4,7-9,11H,2-3,5-6H2,1H3,(H,14,18). The zero-order valence-corrected chi connectivity index (χ0v) is 10.8. The topological polar surface area (TPSA) is 75.4 Å². The summed E-state index contributed by atoms with van der Waals surface area (Å²) in [6, 6.07) is 1.71. The van der Waals surface area contributed by atoms with E-state index in [1.807, 2.05) is 6.92 Å². The van der Waals surface area contributed by atoms with Crippen LogP contribution in [-0.4, -0.2) is 41.5 Å². The fourth-order valence-corrected chi connectivity index (χ4v) is 2.48. The number of carbonyl (C=O) groups excluding carboxylic acids is 2. The van der Waals surface area contributed by atoms with Crippen LogP contribution in [0, 0.1) is 5.92 Å². The Labute approximate surface area is 111 Å². The largest absolute Gasteiger partial charge is 0.360 e. The van der Waals surface area contributed by atoms with Gasteiger partial charge >= 0.3 is 0 Å². The van der Waals surface area contributed by atoms with Crippen molar-refractivity contribution in [3.63, 3.8) is 0 Å². The number of carbonyl (C=O) groups is 2. The molecule has 2 atom stereocenters. The van der Waals surface area contributed by atoms with E-state index in [1.54, 1.807) is 11.0 Å². The number of amides is 2. The van der Waals surface area contributed by atoms with Crippen LogP contribution in [0.4, 0.5) is 0 Å². The summed E-state index contributed by atoms with van der Waals surface area (Å²) in [4.78, 5) is 24.5. The second-order valence-corrected chi connectivity index (χ2v) is 5.51. The predicted molar refractivity (Wildman–Crippen MR) is 66.5 cm³/mol. The lowest BCUT2D eigenvalue weighted by Gasteiger charge is -2.14. The average Bonchev–Trinajstić information content (AvgIpc) is 3.02. The molecular weight excluding hydrogens is 246 g/mol. The van der Waals surface area contributed by atoms with Crippen molar-refractivity contribution in [3.05, 3.63) is 17.5 Å². The Bertz CT molecular complexity index is 495. The zero-order valence-electron chi connectivity index (χ0n) is 10.8. The van der Waals surface area contributed by atoms with Gasteiger partial charge in [0, 0.05) is 25.1 Å². The van der Waals surface area contributed by atoms with E-state index in [0.717, 1.165) is 25.0 Å². The maximum absolute atomic E-state index is 12.1. The van der Waals surface area contributed by atoms with Crippen molar-refractivity contribution in [2.45, 2.75) is 31.7 Å². The number of nitrogens with one attached hydrogen (secondary N) is 1. The fourth-order valence-electron chi connectivity index (χ4n) is 2.48. The fraction of sp³-hybridized carbons (Fsp3) is 0.615. The SMILES string of the molecule is CC1CN(C=O)CC1NC(=O)c1cc(C2CC2)on1. The highest BCUT2D eigenvalue weighted by molar-refractivity contribution is 5.92. The van der Waals surface area contributed by atoms with Gasteiger partial charge in [0.1, 0.15) is 5.76 Å². The lowest BCUT2D eigenvalue weighted by molar-refractivity contribution is -0.117. The van der Waals surface area contributed by atoms with E-state index >= 15 is 0 Å². The Morgan fingerprint density at radius 2 is 2.32 bits per heavy atom. The van der Waals surface area contributed by atoms with E-state index in [2.05, 4.69) is 10.5 Å². The van der Waals surface area contributed by atoms with Gasteiger partial charge in [-0.2, -0.15) is 0 Å². The highest BCUT2D eigenvalue weighted by atomic mass is 16.5. The summed E-state index contributed by atoms with van der Waals surface area (Å²) in [6.07, 6.45) is 3.05. The van der Waals surface area contributed by atoms with E-state index in [1.165, 1.54) is 0 Å². The van der Waals surface area contributed by atoms with Gasteiger partial charge in [0.05, 0.1) is 6.04 Å². The average molecular weight is 263 g/mol. The highest BCUT2D eigenvalue weighted by Gasteiger charge is 2.32. The van der Waals surface area contributed by atoms with Crippen LogP contribution in [0.5, 0.6) is 0 Å². The van der Waals surface area contributed by atoms with E-state index in [-0.39, 0.29) is 17.9 Å². The summed E-state index contributed by atoms with van der Waals surface area (Å²) in [5.41, 5.74) is 0.332. The smallest absolute Gasteiger partial charge is 0.273 e. The van der Waals surface area contributed by atoms with Crippen LogP contribution in [0.3, 0.4) is 0 Å². The molecule has 0 radical (unpaired) electrons. The van der Waals surface area contributed by atoms with E-state index in [0.29, 0.717) is 24.7 Å². The van der Waals surface area contributed by atoms with Crippen molar-refractivity contribution < 1.29 is 14.1 Å². The Kier molecular flexibility index (Phi) is 3.00. The maximum Gasteiger partial charge on any atom is 0.273 e. The van der Waals surface area contributed by atoms with Gasteiger partial charge in [-0.15, -0.1) is 0 Å². The number of aromatic nitrogens is 1. The lowest BCUT2D eigenvalue weighted by Crippen LogP contribution is -2.39. The Morgan fingerprint density at radius 1 is 1.53 bits per heavy atom. The summed E-state index contributed by atoms with van der Waals surface area (Å²) >= 11 is 0. The minimum absolute atomic E-state index is 0.0150. The van der Waals surface area contributed by atoms with Gasteiger partial charge in [-0.1, -0.05) is 12.1 Å². The second-order valence-electron chi connectivity index (χ2n) is 5.51. The van der Waals surface area contributed by atoms with Crippen LogP contribution in [0.15, 0.2) is 10.6 Å². The zero-order chi connectivity index (χ0) is 13.4. The van der Waals surface area contributed by atoms with Crippen LogP contribution >= 0.6 is 0 Å². The molecule has 1 aliphatic carbocycles. The van der Waals surface area contributed by atoms with Gasteiger partial charge in [0.2, 0.25) is 6.41 Å². The molecule has 2 unspecified atom stereocenters. The van der Waals surface area contributed by atoms with E-state index < -0.39 is 0 Å². The van der Waals surface area contributed by atoms with Gasteiger partial charge < -0.3 is 14.7 Å². The van der Waals surface area contributed by atoms with Gasteiger partial charge in [-0.3, -0.25) is 9.59 Å². The van der Waals surface area contributed by atoms with Crippen molar-refractivity contribution in [2.24, 2.45) is 5.92 Å². The molecule has 1 N–H and O–H groups in total. The molecule has 0 spiro atoms. The molecule has 1 aromatic heterocycles. The van der Waals surface area contributed by atoms with Crippen molar-refractivity contribution in [3.8, 4) is 0 Å². The molecule has 3 rings (SSSR count). The Morgan fingerprint density at radius 3 is 2.95 bits per heavy atom. The van der Waals surface area contributed by atoms with E-state index in [9.17, 15) is 9.59 Å². The first kappa shape index (κ1) is 12.2. The quantitative estimate of drug-likeness (QED) is 0.814. The lowest BCUT2D eigenvalue weighted by atomic mass is 10.1. The maximum atomic E-state index is 12.1. The number of likely N-dealkylation sites (tertiary alicyclic amines) is 1. The third-order valence-electron chi connectivity index (χ3n) is 3.85. The third kappa shape index (κ3) is 2.47. The molecule has 1 saturated carbocycles. The first-order valence-corrected chi connectivity index (χ1v) is 6.64. The Hall–Kier alpha value is -1.85. The van der Waals surface area contributed by atoms with Gasteiger partial charge in [-0.25, -0.2) is 0 Å². The van der Waals surface area contributed by atoms with E-state index in [4.69, 9.17) is 4.52 Å². The molecule has 1 aromatic rings. The molecule has 0 aromatic carbocycles. The summed E-state index contributed by atoms with van der Waals surface area (Å²) in [6.45, 7) is 3.26. The third-order valence-corrected chi connectivity index (χ3v) is 3.85. The van der Waals surface area contributed by atoms with Gasteiger partial charge in [0.15, 0.2) is 5.69 Å². The van der Waals surface area contributed by atoms with Crippen molar-refractivity contribution in [2.75, 3.05) is 13.1 Å². The van der Waals surface area contributed by atoms with Crippen LogP contribution in [0.2, 0.25) is 0 Å². The molecule has 2 fully saturated rings. The monoisotopic (exact) mass is 263 g/mol. The number of rotatable bonds is 4. The molecule has 0 bridgehead atoms. The van der Waals surface area contributed by atoms with Gasteiger partial charge in [-0.05, 0) is 18.8 Å². The summed E-state index contributed by atoms with van der Waals surface area (Å²) in [5, 5.41) is 6.73. The second kappa shape index (κ2) is 4.68. The molecule has 102 valence electrons. The predicted octanol–water partition coefficient (Wildman–Crippen LogP) is 0.758. The first-order valence-electron chi connectivity index (χ1n) is 6.64. The van der Waals surface area contributed by atoms with Gasteiger partial charge in [0.25, 0.3) is 5.91 Å². The van der Waals surface area contributed by atoms with Crippen molar-refractivity contribution in [1.29, 1.82) is 0 Å². The minimum Gasteiger partial charge on any atom is -0.360 e. The van der Waals surface area contributed by atoms with Crippen molar-refractivity contribution >= 4 is 12.3 Å². The van der Waals surface area contributed by atoms with Crippen LogP contribution in [0.1, 0.15) is 41.9 Å². The molecular formula is C13H17N3O3. The molecule has 6 heteroatoms. The minimum atomic E-state index is -0.222. The van der Waals surface area contributed by atoms with Crippen LogP contribution in [-0.2, 0) is 4.79 Å². The summed E-state index contributed by atoms with van der Waals surface area (Å²) < 4.78 is 5.17. The Balaban J connectivity index is 1.62. The summed E-state index contributed by atoms with van der Waals surface area (Å²) in [7, 11) is 0. The molecule has 6 nitrogen and oxygen atoms in total. The highest BCUT2D eigenvalue weighted by Crippen LogP contribution is 2.40. The molecule has 2 aliphatic rings. The molecule has 19 heavy (non-hydrogen) atoms. The number of hydrogen-bond acceptors (Lipinski definition) is 4. The number of nitrogens with zero attached hydrogens (tertiary/aromatic N) is 2. The molecule has 1 aliphatic heterocycles. The van der Waals surface area contributed by atoms with Crippen LogP contribution in [0.25, 0.3) is 0 Å².